The van der Waals surface area contributed by atoms with Gasteiger partial charge < -0.3 is 29.0 Å². The highest BCUT2D eigenvalue weighted by Gasteiger charge is 2.47. The van der Waals surface area contributed by atoms with Crippen molar-refractivity contribution < 1.29 is 57.6 Å². The lowest BCUT2D eigenvalue weighted by atomic mass is 9.96. The van der Waals surface area contributed by atoms with Gasteiger partial charge in [0.25, 0.3) is 5.91 Å². The molecule has 51 heavy (non-hydrogen) atoms. The molecule has 0 saturated heterocycles. The highest BCUT2D eigenvalue weighted by molar-refractivity contribution is 5.99. The zero-order valence-corrected chi connectivity index (χ0v) is 30.0. The van der Waals surface area contributed by atoms with Gasteiger partial charge in [-0.25, -0.2) is 14.8 Å². The number of amides is 3. The fourth-order valence-corrected chi connectivity index (χ4v) is 5.54. The van der Waals surface area contributed by atoms with Crippen LogP contribution in [0.5, 0.6) is 17.2 Å². The Bertz CT molecular complexity index is 1680. The number of ether oxygens (including phenoxy) is 4. The molecule has 3 rings (SSSR count). The predicted molar refractivity (Wildman–Crippen MR) is 180 cm³/mol. The minimum atomic E-state index is -1.98. The van der Waals surface area contributed by atoms with Crippen molar-refractivity contribution in [3.8, 4) is 17.2 Å². The third kappa shape index (κ3) is 9.78. The van der Waals surface area contributed by atoms with Gasteiger partial charge in [-0.2, -0.15) is 0 Å². The molecular weight excluding hydrogens is 666 g/mol. The highest BCUT2D eigenvalue weighted by atomic mass is 16.6. The molecule has 2 aromatic carbocycles. The van der Waals surface area contributed by atoms with Crippen molar-refractivity contribution in [1.29, 1.82) is 0 Å². The van der Waals surface area contributed by atoms with Gasteiger partial charge >= 0.3 is 23.9 Å². The van der Waals surface area contributed by atoms with Gasteiger partial charge in [0.1, 0.15) is 6.04 Å². The van der Waals surface area contributed by atoms with Crippen LogP contribution in [-0.2, 0) is 44.7 Å². The molecule has 0 saturated carbocycles. The van der Waals surface area contributed by atoms with Gasteiger partial charge in [0.15, 0.2) is 17.6 Å². The van der Waals surface area contributed by atoms with E-state index in [1.807, 2.05) is 0 Å². The Hall–Kier alpha value is -5.57. The molecule has 2 aromatic rings. The molecule has 1 aliphatic rings. The van der Waals surface area contributed by atoms with Gasteiger partial charge in [-0.05, 0) is 43.9 Å². The van der Waals surface area contributed by atoms with Crippen LogP contribution in [0.25, 0.3) is 5.70 Å². The van der Waals surface area contributed by atoms with E-state index in [4.69, 9.17) is 18.9 Å². The topological polar surface area (TPSA) is 186 Å². The summed E-state index contributed by atoms with van der Waals surface area (Å²) in [6.45, 7) is 12.1. The summed E-state index contributed by atoms with van der Waals surface area (Å²) in [4.78, 5) is 92.4. The van der Waals surface area contributed by atoms with Gasteiger partial charge in [0.05, 0.1) is 17.8 Å². The minimum absolute atomic E-state index is 0.0656. The Kier molecular flexibility index (Phi) is 13.2. The van der Waals surface area contributed by atoms with Crippen LogP contribution in [0.15, 0.2) is 48.7 Å². The molecule has 274 valence electrons. The van der Waals surface area contributed by atoms with E-state index in [2.05, 4.69) is 0 Å². The van der Waals surface area contributed by atoms with Crippen molar-refractivity contribution in [3.63, 3.8) is 0 Å². The standard InChI is InChI=1S/C36H43N3O12/c1-19(2)32-35(46)39(38(22(6)41)28(15-26-13-11-10-12-14-26)33(45)36(47)48-20(3)4)29(18-37(32)21(5)40)27-16-30(49-23(7)42)34(51-25(9)44)31(17-27)50-24(8)43/h10-14,16-20,28,32-33,45H,15H2,1-9H3/t28-,32?,33?/m0/s1. The van der Waals surface area contributed by atoms with Crippen molar-refractivity contribution in [2.45, 2.75) is 93.0 Å². The van der Waals surface area contributed by atoms with Crippen LogP contribution in [0.1, 0.15) is 73.4 Å². The van der Waals surface area contributed by atoms with Gasteiger partial charge in [-0.15, -0.1) is 0 Å². The summed E-state index contributed by atoms with van der Waals surface area (Å²) < 4.78 is 21.2. The molecule has 15 nitrogen and oxygen atoms in total. The van der Waals surface area contributed by atoms with Crippen molar-refractivity contribution in [3.05, 3.63) is 59.8 Å². The van der Waals surface area contributed by atoms with Gasteiger partial charge in [-0.3, -0.25) is 28.8 Å². The highest BCUT2D eigenvalue weighted by Crippen LogP contribution is 2.43. The zero-order chi connectivity index (χ0) is 38.3. The molecule has 1 N–H and O–H groups in total. The second-order valence-electron chi connectivity index (χ2n) is 12.4. The van der Waals surface area contributed by atoms with Crippen LogP contribution in [0.4, 0.5) is 0 Å². The Balaban J connectivity index is 2.46. The average Bonchev–Trinajstić information content (AvgIpc) is 3.01. The Morgan fingerprint density at radius 2 is 1.35 bits per heavy atom. The van der Waals surface area contributed by atoms with E-state index in [1.54, 1.807) is 58.0 Å². The maximum absolute atomic E-state index is 14.7. The third-order valence-electron chi connectivity index (χ3n) is 7.41. The number of aliphatic hydroxyl groups is 1. The minimum Gasteiger partial charge on any atom is -0.461 e. The van der Waals surface area contributed by atoms with Crippen LogP contribution in [0.2, 0.25) is 0 Å². The summed E-state index contributed by atoms with van der Waals surface area (Å²) in [6, 6.07) is 8.34. The Morgan fingerprint density at radius 1 is 0.824 bits per heavy atom. The van der Waals surface area contributed by atoms with E-state index in [-0.39, 0.29) is 17.7 Å². The quantitative estimate of drug-likeness (QED) is 0.251. The number of esters is 4. The largest absolute Gasteiger partial charge is 0.461 e. The lowest BCUT2D eigenvalue weighted by Gasteiger charge is -2.47. The first-order chi connectivity index (χ1) is 23.8. The number of benzene rings is 2. The number of aliphatic hydroxyl groups excluding tert-OH is 1. The van der Waals surface area contributed by atoms with E-state index in [0.29, 0.717) is 5.56 Å². The maximum Gasteiger partial charge on any atom is 0.337 e. The monoisotopic (exact) mass is 709 g/mol. The smallest absolute Gasteiger partial charge is 0.337 e. The van der Waals surface area contributed by atoms with Crippen LogP contribution in [0, 0.1) is 5.92 Å². The lowest BCUT2D eigenvalue weighted by Crippen LogP contribution is -2.64. The van der Waals surface area contributed by atoms with E-state index < -0.39 is 89.1 Å². The summed E-state index contributed by atoms with van der Waals surface area (Å²) >= 11 is 0. The van der Waals surface area contributed by atoms with Crippen molar-refractivity contribution in [2.75, 3.05) is 0 Å². The summed E-state index contributed by atoms with van der Waals surface area (Å²) in [6.07, 6.45) is -1.48. The predicted octanol–water partition coefficient (Wildman–Crippen LogP) is 3.16. The number of carbonyl (C=O) groups is 7. The summed E-state index contributed by atoms with van der Waals surface area (Å²) in [5.41, 5.74) is 0.330. The number of hydrogen-bond acceptors (Lipinski definition) is 12. The summed E-state index contributed by atoms with van der Waals surface area (Å²) in [7, 11) is 0. The Labute approximate surface area is 295 Å². The molecule has 0 fully saturated rings. The zero-order valence-electron chi connectivity index (χ0n) is 30.0. The number of rotatable bonds is 12. The van der Waals surface area contributed by atoms with Gasteiger partial charge in [-0.1, -0.05) is 44.2 Å². The van der Waals surface area contributed by atoms with Crippen LogP contribution >= 0.6 is 0 Å². The first-order valence-corrected chi connectivity index (χ1v) is 16.1. The molecule has 0 radical (unpaired) electrons. The number of nitrogens with zero attached hydrogens (tertiary/aromatic N) is 3. The van der Waals surface area contributed by atoms with E-state index in [0.717, 1.165) is 42.6 Å². The molecule has 3 atom stereocenters. The fraction of sp³-hybridized carbons (Fsp3) is 0.417. The van der Waals surface area contributed by atoms with Crippen LogP contribution in [0.3, 0.4) is 0 Å². The molecule has 1 heterocycles. The third-order valence-corrected chi connectivity index (χ3v) is 7.41. The van der Waals surface area contributed by atoms with Crippen molar-refractivity contribution in [2.24, 2.45) is 5.92 Å². The number of hydrazine groups is 1. The average molecular weight is 710 g/mol. The Morgan fingerprint density at radius 3 is 1.78 bits per heavy atom. The lowest BCUT2D eigenvalue weighted by molar-refractivity contribution is -0.178. The maximum atomic E-state index is 14.7. The summed E-state index contributed by atoms with van der Waals surface area (Å²) in [5.74, 6) is -7.53. The molecule has 0 aromatic heterocycles. The first kappa shape index (κ1) is 39.9. The molecule has 0 spiro atoms. The van der Waals surface area contributed by atoms with Gasteiger partial charge in [0, 0.05) is 46.4 Å². The molecule has 15 heteroatoms. The second kappa shape index (κ2) is 16.9. The fourth-order valence-electron chi connectivity index (χ4n) is 5.54. The number of carbonyl (C=O) groups excluding carboxylic acids is 7. The van der Waals surface area contributed by atoms with Gasteiger partial charge in [0.2, 0.25) is 17.6 Å². The van der Waals surface area contributed by atoms with E-state index >= 15 is 0 Å². The van der Waals surface area contributed by atoms with E-state index in [9.17, 15) is 38.7 Å². The van der Waals surface area contributed by atoms with Crippen LogP contribution < -0.4 is 14.2 Å². The summed E-state index contributed by atoms with van der Waals surface area (Å²) in [5, 5.41) is 13.4. The molecule has 1 aliphatic heterocycles. The molecule has 3 amide bonds. The second-order valence-corrected chi connectivity index (χ2v) is 12.4. The first-order valence-electron chi connectivity index (χ1n) is 16.1. The molecule has 0 aliphatic carbocycles. The van der Waals surface area contributed by atoms with Crippen LogP contribution in [-0.4, -0.2) is 85.9 Å². The molecular formula is C36H43N3O12. The molecule has 0 bridgehead atoms. The van der Waals surface area contributed by atoms with Crippen molar-refractivity contribution in [1.82, 2.24) is 14.9 Å². The SMILES string of the molecule is CC(=O)Oc1cc(C2=CN(C(C)=O)C(C(C)C)C(=O)N2N(C(C)=O)[C@@H](Cc2ccccc2)C(O)C(=O)OC(C)C)cc(OC(C)=O)c1OC(C)=O. The molecule has 2 unspecified atom stereocenters. The van der Waals surface area contributed by atoms with Crippen molar-refractivity contribution >= 4 is 47.3 Å². The van der Waals surface area contributed by atoms with E-state index in [1.165, 1.54) is 25.3 Å². The number of hydrogen-bond donors (Lipinski definition) is 1. The normalized spacial score (nSPS) is 15.5.